The molecule has 5 nitrogen and oxygen atoms in total. The molecule has 0 aromatic rings. The van der Waals surface area contributed by atoms with Crippen LogP contribution in [0.15, 0.2) is 0 Å². The second-order valence-corrected chi connectivity index (χ2v) is 10.9. The van der Waals surface area contributed by atoms with E-state index in [0.29, 0.717) is 12.8 Å². The molecule has 4 saturated carbocycles. The topological polar surface area (TPSA) is 52.7 Å². The van der Waals surface area contributed by atoms with Crippen LogP contribution in [0.3, 0.4) is 0 Å². The van der Waals surface area contributed by atoms with E-state index < -0.39 is 0 Å². The van der Waals surface area contributed by atoms with Crippen LogP contribution in [0.5, 0.6) is 0 Å². The monoisotopic (exact) mass is 375 g/mol. The van der Waals surface area contributed by atoms with Gasteiger partial charge in [-0.05, 0) is 68.7 Å². The molecule has 152 valence electrons. The third-order valence-corrected chi connectivity index (χ3v) is 7.57. The Morgan fingerprint density at radius 1 is 0.926 bits per heavy atom. The second-order valence-electron chi connectivity index (χ2n) is 10.9. The Morgan fingerprint density at radius 3 is 1.96 bits per heavy atom. The van der Waals surface area contributed by atoms with Crippen molar-refractivity contribution in [3.63, 3.8) is 0 Å². The van der Waals surface area contributed by atoms with Crippen LogP contribution >= 0.6 is 0 Å². The van der Waals surface area contributed by atoms with Crippen molar-refractivity contribution >= 4 is 11.8 Å². The van der Waals surface area contributed by atoms with Gasteiger partial charge in [0.1, 0.15) is 0 Å². The number of carbonyl (C=O) groups excluding carboxylic acids is 2. The van der Waals surface area contributed by atoms with E-state index in [-0.39, 0.29) is 22.8 Å². The minimum absolute atomic E-state index is 0.0728. The molecule has 1 heterocycles. The van der Waals surface area contributed by atoms with E-state index >= 15 is 0 Å². The summed E-state index contributed by atoms with van der Waals surface area (Å²) in [5, 5.41) is 3.47. The molecule has 0 aromatic heterocycles. The first-order valence-corrected chi connectivity index (χ1v) is 11.0. The van der Waals surface area contributed by atoms with Crippen LogP contribution in [0.1, 0.15) is 65.2 Å². The lowest BCUT2D eigenvalue weighted by Gasteiger charge is -2.57. The van der Waals surface area contributed by atoms with E-state index in [4.69, 9.17) is 0 Å². The average Bonchev–Trinajstić information content (AvgIpc) is 2.52. The average molecular weight is 376 g/mol. The van der Waals surface area contributed by atoms with Gasteiger partial charge in [0.25, 0.3) is 0 Å². The summed E-state index contributed by atoms with van der Waals surface area (Å²) in [5.74, 6) is 2.87. The Hall–Kier alpha value is -1.10. The molecule has 27 heavy (non-hydrogen) atoms. The number of rotatable bonds is 5. The molecule has 0 aromatic carbocycles. The first kappa shape index (κ1) is 19.2. The van der Waals surface area contributed by atoms with Crippen LogP contribution in [0, 0.1) is 23.2 Å². The maximum atomic E-state index is 12.9. The molecule has 5 fully saturated rings. The lowest BCUT2D eigenvalue weighted by atomic mass is 9.53. The maximum Gasteiger partial charge on any atom is 0.223 e. The van der Waals surface area contributed by atoms with Crippen LogP contribution < -0.4 is 5.32 Å². The number of likely N-dealkylation sites (N-methyl/N-ethyl adjacent to an activating group) is 1. The van der Waals surface area contributed by atoms with Gasteiger partial charge in [-0.3, -0.25) is 9.59 Å². The molecule has 1 saturated heterocycles. The smallest absolute Gasteiger partial charge is 0.223 e. The number of carbonyl (C=O) groups is 2. The van der Waals surface area contributed by atoms with Gasteiger partial charge in [-0.15, -0.1) is 0 Å². The van der Waals surface area contributed by atoms with Crippen molar-refractivity contribution < 1.29 is 9.59 Å². The minimum atomic E-state index is -0.285. The molecule has 5 rings (SSSR count). The minimum Gasteiger partial charge on any atom is -0.351 e. The summed E-state index contributed by atoms with van der Waals surface area (Å²) >= 11 is 0. The van der Waals surface area contributed by atoms with Gasteiger partial charge in [-0.2, -0.15) is 0 Å². The molecular weight excluding hydrogens is 338 g/mol. The molecule has 0 unspecified atom stereocenters. The summed E-state index contributed by atoms with van der Waals surface area (Å²) in [4.78, 5) is 29.8. The van der Waals surface area contributed by atoms with Gasteiger partial charge in [-0.1, -0.05) is 13.8 Å². The standard InChI is InChI=1S/C22H37N3O2/c1-21(2,15-20(27)25-6-4-24(3)5-7-25)14-19(26)23-22-11-16-8-17(12-22)10-18(9-16)13-22/h16-18H,4-15H2,1-3H3,(H,23,26). The largest absolute Gasteiger partial charge is 0.351 e. The summed E-state index contributed by atoms with van der Waals surface area (Å²) < 4.78 is 0. The van der Waals surface area contributed by atoms with Crippen molar-refractivity contribution in [3.05, 3.63) is 0 Å². The molecular formula is C22H37N3O2. The highest BCUT2D eigenvalue weighted by Gasteiger charge is 2.51. The van der Waals surface area contributed by atoms with Gasteiger partial charge in [0.15, 0.2) is 0 Å². The lowest BCUT2D eigenvalue weighted by molar-refractivity contribution is -0.136. The normalized spacial score (nSPS) is 36.1. The first-order chi connectivity index (χ1) is 12.7. The summed E-state index contributed by atoms with van der Waals surface area (Å²) in [6.45, 7) is 7.65. The number of hydrogen-bond donors (Lipinski definition) is 1. The van der Waals surface area contributed by atoms with Crippen molar-refractivity contribution in [2.24, 2.45) is 23.2 Å². The van der Waals surface area contributed by atoms with Gasteiger partial charge in [-0.25, -0.2) is 0 Å². The summed E-state index contributed by atoms with van der Waals surface area (Å²) in [7, 11) is 2.10. The fraction of sp³-hybridized carbons (Fsp3) is 0.909. The van der Waals surface area contributed by atoms with Crippen LogP contribution in [0.4, 0.5) is 0 Å². The van der Waals surface area contributed by atoms with Gasteiger partial charge in [0, 0.05) is 44.6 Å². The Bertz CT molecular complexity index is 557. The van der Waals surface area contributed by atoms with E-state index in [1.54, 1.807) is 0 Å². The van der Waals surface area contributed by atoms with Gasteiger partial charge in [0.05, 0.1) is 0 Å². The number of amides is 2. The second kappa shape index (κ2) is 7.06. The molecule has 5 heteroatoms. The molecule has 0 spiro atoms. The van der Waals surface area contributed by atoms with Gasteiger partial charge >= 0.3 is 0 Å². The number of hydrogen-bond acceptors (Lipinski definition) is 3. The number of nitrogens with zero attached hydrogens (tertiary/aromatic N) is 2. The SMILES string of the molecule is CN1CCN(C(=O)CC(C)(C)CC(=O)NC23CC4CC(CC(C4)C2)C3)CC1. The van der Waals surface area contributed by atoms with Crippen molar-refractivity contribution in [3.8, 4) is 0 Å². The highest BCUT2D eigenvalue weighted by molar-refractivity contribution is 5.80. The fourth-order valence-electron chi connectivity index (χ4n) is 6.68. The predicted octanol–water partition coefficient (Wildman–Crippen LogP) is 2.65. The van der Waals surface area contributed by atoms with Crippen molar-refractivity contribution in [2.75, 3.05) is 33.2 Å². The van der Waals surface area contributed by atoms with E-state index in [2.05, 4.69) is 31.1 Å². The Morgan fingerprint density at radius 2 is 1.44 bits per heavy atom. The zero-order valence-corrected chi connectivity index (χ0v) is 17.4. The molecule has 0 atom stereocenters. The van der Waals surface area contributed by atoms with Crippen molar-refractivity contribution in [1.29, 1.82) is 0 Å². The maximum absolute atomic E-state index is 12.9. The Labute approximate surface area is 164 Å². The zero-order valence-electron chi connectivity index (χ0n) is 17.4. The first-order valence-electron chi connectivity index (χ1n) is 11.0. The van der Waals surface area contributed by atoms with E-state index in [1.807, 2.05) is 4.90 Å². The molecule has 1 aliphatic heterocycles. The highest BCUT2D eigenvalue weighted by atomic mass is 16.2. The predicted molar refractivity (Wildman–Crippen MR) is 106 cm³/mol. The van der Waals surface area contributed by atoms with Crippen molar-refractivity contribution in [1.82, 2.24) is 15.1 Å². The van der Waals surface area contributed by atoms with E-state index in [1.165, 1.54) is 38.5 Å². The molecule has 2 amide bonds. The van der Waals surface area contributed by atoms with E-state index in [0.717, 1.165) is 43.9 Å². The molecule has 5 aliphatic rings. The van der Waals surface area contributed by atoms with Gasteiger partial charge < -0.3 is 15.1 Å². The summed E-state index contributed by atoms with van der Waals surface area (Å²) in [6.07, 6.45) is 8.64. The molecule has 1 N–H and O–H groups in total. The molecule has 4 aliphatic carbocycles. The van der Waals surface area contributed by atoms with Crippen LogP contribution in [0.25, 0.3) is 0 Å². The van der Waals surface area contributed by atoms with Crippen molar-refractivity contribution in [2.45, 2.75) is 70.8 Å². The summed E-state index contributed by atoms with van der Waals surface area (Å²) in [6, 6.07) is 0. The van der Waals surface area contributed by atoms with Crippen LogP contribution in [-0.2, 0) is 9.59 Å². The third-order valence-electron chi connectivity index (χ3n) is 7.57. The highest BCUT2D eigenvalue weighted by Crippen LogP contribution is 2.55. The Balaban J connectivity index is 1.30. The molecule has 4 bridgehead atoms. The number of piperazine rings is 1. The zero-order chi connectivity index (χ0) is 19.2. The van der Waals surface area contributed by atoms with Crippen LogP contribution in [0.2, 0.25) is 0 Å². The third kappa shape index (κ3) is 4.33. The fourth-order valence-corrected chi connectivity index (χ4v) is 6.68. The Kier molecular flexibility index (Phi) is 5.02. The van der Waals surface area contributed by atoms with E-state index in [9.17, 15) is 9.59 Å². The summed E-state index contributed by atoms with van der Waals surface area (Å²) in [5.41, 5.74) is -0.212. The van der Waals surface area contributed by atoms with Crippen LogP contribution in [-0.4, -0.2) is 60.4 Å². The number of nitrogens with one attached hydrogen (secondary N) is 1. The molecule has 0 radical (unpaired) electrons. The van der Waals surface area contributed by atoms with Gasteiger partial charge in [0.2, 0.25) is 11.8 Å². The quantitative estimate of drug-likeness (QED) is 0.804. The lowest BCUT2D eigenvalue weighted by Crippen LogP contribution is -2.60.